The molecule has 1 aliphatic heterocycles. The second kappa shape index (κ2) is 9.23. The number of fused-ring (bicyclic) bond motifs is 1. The lowest BCUT2D eigenvalue weighted by Crippen LogP contribution is -2.51. The number of carbonyl (C=O) groups is 2. The van der Waals surface area contributed by atoms with Crippen LogP contribution in [0, 0.1) is 0 Å². The fraction of sp³-hybridized carbons (Fsp3) is 0.500. The summed E-state index contributed by atoms with van der Waals surface area (Å²) in [6.45, 7) is 3.17. The quantitative estimate of drug-likeness (QED) is 0.565. The van der Waals surface area contributed by atoms with Crippen molar-refractivity contribution in [3.8, 4) is 0 Å². The Hall–Kier alpha value is -2.35. The summed E-state index contributed by atoms with van der Waals surface area (Å²) in [6, 6.07) is 6.72. The van der Waals surface area contributed by atoms with Gasteiger partial charge in [-0.05, 0) is 37.8 Å². The number of benzene rings is 1. The number of primary amides is 1. The topological polar surface area (TPSA) is 98.3 Å². The van der Waals surface area contributed by atoms with Crippen molar-refractivity contribution in [2.45, 2.75) is 56.8 Å². The van der Waals surface area contributed by atoms with E-state index in [0.29, 0.717) is 35.6 Å². The molecule has 7 nitrogen and oxygen atoms in total. The van der Waals surface area contributed by atoms with Gasteiger partial charge in [0, 0.05) is 13.1 Å². The van der Waals surface area contributed by atoms with Crippen molar-refractivity contribution in [3.05, 3.63) is 34.6 Å². The highest BCUT2D eigenvalue weighted by molar-refractivity contribution is 7.99. The van der Waals surface area contributed by atoms with Gasteiger partial charge in [0.1, 0.15) is 6.04 Å². The zero-order chi connectivity index (χ0) is 20.1. The second-order valence-electron chi connectivity index (χ2n) is 7.01. The minimum atomic E-state index is -0.534. The van der Waals surface area contributed by atoms with E-state index >= 15 is 0 Å². The average Bonchev–Trinajstić information content (AvgIpc) is 2.71. The largest absolute Gasteiger partial charge is 0.368 e. The summed E-state index contributed by atoms with van der Waals surface area (Å²) < 4.78 is 1.66. The molecule has 1 aliphatic rings. The van der Waals surface area contributed by atoms with Crippen LogP contribution in [0.2, 0.25) is 0 Å². The molecule has 1 fully saturated rings. The van der Waals surface area contributed by atoms with Gasteiger partial charge in [0.2, 0.25) is 11.8 Å². The van der Waals surface area contributed by atoms with Crippen molar-refractivity contribution in [2.24, 2.45) is 5.73 Å². The number of nitrogens with two attached hydrogens (primary N) is 1. The lowest BCUT2D eigenvalue weighted by molar-refractivity contribution is -0.138. The van der Waals surface area contributed by atoms with E-state index in [1.165, 1.54) is 11.8 Å². The van der Waals surface area contributed by atoms with Crippen molar-refractivity contribution in [3.63, 3.8) is 0 Å². The number of piperidine rings is 1. The Labute approximate surface area is 168 Å². The van der Waals surface area contributed by atoms with E-state index in [9.17, 15) is 14.4 Å². The molecule has 8 heteroatoms. The molecule has 0 spiro atoms. The zero-order valence-electron chi connectivity index (χ0n) is 16.1. The second-order valence-corrected chi connectivity index (χ2v) is 7.95. The maximum Gasteiger partial charge on any atom is 0.262 e. The Kier molecular flexibility index (Phi) is 6.72. The highest BCUT2D eigenvalue weighted by Gasteiger charge is 2.30. The molecular weight excluding hydrogens is 376 g/mol. The normalized spacial score (nSPS) is 17.0. The number of hydrogen-bond donors (Lipinski definition) is 1. The summed E-state index contributed by atoms with van der Waals surface area (Å²) in [5.41, 5.74) is 6.01. The number of unbranched alkanes of at least 4 members (excludes halogenated alkanes) is 1. The van der Waals surface area contributed by atoms with E-state index in [1.807, 2.05) is 12.1 Å². The highest BCUT2D eigenvalue weighted by Crippen LogP contribution is 2.22. The van der Waals surface area contributed by atoms with Crippen molar-refractivity contribution < 1.29 is 9.59 Å². The third-order valence-corrected chi connectivity index (χ3v) is 6.00. The van der Waals surface area contributed by atoms with E-state index in [0.717, 1.165) is 25.7 Å². The molecule has 150 valence electrons. The number of hydrogen-bond acceptors (Lipinski definition) is 5. The number of carbonyl (C=O) groups excluding carboxylic acids is 2. The van der Waals surface area contributed by atoms with Crippen LogP contribution in [-0.4, -0.2) is 44.6 Å². The molecule has 0 bridgehead atoms. The van der Waals surface area contributed by atoms with Gasteiger partial charge in [-0.25, -0.2) is 4.98 Å². The van der Waals surface area contributed by atoms with Crippen molar-refractivity contribution >= 4 is 34.5 Å². The van der Waals surface area contributed by atoms with E-state index in [1.54, 1.807) is 21.6 Å². The standard InChI is InChI=1S/C20H26N4O3S/c1-2-3-11-24-19(27)14-8-4-5-9-15(14)22-20(24)28-13-17(25)23-12-7-6-10-16(23)18(21)26/h4-5,8-9,16H,2-3,6-7,10-13H2,1H3,(H2,21,26)/t16-/m1/s1. The molecule has 0 radical (unpaired) electrons. The number of thioether (sulfide) groups is 1. The van der Waals surface area contributed by atoms with E-state index < -0.39 is 11.9 Å². The maximum atomic E-state index is 12.9. The van der Waals surface area contributed by atoms with Gasteiger partial charge in [-0.1, -0.05) is 37.2 Å². The number of nitrogens with zero attached hydrogens (tertiary/aromatic N) is 3. The fourth-order valence-electron chi connectivity index (χ4n) is 3.51. The third kappa shape index (κ3) is 4.38. The predicted octanol–water partition coefficient (Wildman–Crippen LogP) is 2.16. The number of amides is 2. The first-order valence-corrected chi connectivity index (χ1v) is 10.7. The van der Waals surface area contributed by atoms with Crippen LogP contribution < -0.4 is 11.3 Å². The lowest BCUT2D eigenvalue weighted by Gasteiger charge is -2.33. The monoisotopic (exact) mass is 402 g/mol. The molecule has 2 aromatic rings. The zero-order valence-corrected chi connectivity index (χ0v) is 16.9. The number of para-hydroxylation sites is 1. The van der Waals surface area contributed by atoms with Crippen molar-refractivity contribution in [2.75, 3.05) is 12.3 Å². The van der Waals surface area contributed by atoms with Crippen LogP contribution in [0.25, 0.3) is 10.9 Å². The SMILES string of the molecule is CCCCn1c(SCC(=O)N2CCCC[C@@H]2C(N)=O)nc2ccccc2c1=O. The minimum Gasteiger partial charge on any atom is -0.368 e. The summed E-state index contributed by atoms with van der Waals surface area (Å²) in [6.07, 6.45) is 4.19. The maximum absolute atomic E-state index is 12.9. The van der Waals surface area contributed by atoms with Gasteiger partial charge >= 0.3 is 0 Å². The Bertz CT molecular complexity index is 927. The Morgan fingerprint density at radius 1 is 1.29 bits per heavy atom. The summed E-state index contributed by atoms with van der Waals surface area (Å²) in [5, 5.41) is 1.12. The third-order valence-electron chi connectivity index (χ3n) is 5.04. The molecule has 28 heavy (non-hydrogen) atoms. The average molecular weight is 403 g/mol. The van der Waals surface area contributed by atoms with Gasteiger partial charge in [-0.3, -0.25) is 19.0 Å². The van der Waals surface area contributed by atoms with Gasteiger partial charge in [0.05, 0.1) is 16.7 Å². The molecule has 0 saturated carbocycles. The molecule has 1 aromatic carbocycles. The molecule has 3 rings (SSSR count). The number of likely N-dealkylation sites (tertiary alicyclic amines) is 1. The van der Waals surface area contributed by atoms with Crippen LogP contribution in [0.1, 0.15) is 39.0 Å². The van der Waals surface area contributed by atoms with Crippen LogP contribution in [0.15, 0.2) is 34.2 Å². The van der Waals surface area contributed by atoms with Crippen LogP contribution >= 0.6 is 11.8 Å². The Balaban J connectivity index is 1.83. The first-order chi connectivity index (χ1) is 13.5. The molecule has 2 amide bonds. The Morgan fingerprint density at radius 3 is 2.82 bits per heavy atom. The van der Waals surface area contributed by atoms with E-state index in [-0.39, 0.29) is 17.2 Å². The van der Waals surface area contributed by atoms with Crippen LogP contribution in [-0.2, 0) is 16.1 Å². The summed E-state index contributed by atoms with van der Waals surface area (Å²) >= 11 is 1.25. The Morgan fingerprint density at radius 2 is 2.07 bits per heavy atom. The van der Waals surface area contributed by atoms with Crippen molar-refractivity contribution in [1.82, 2.24) is 14.5 Å². The van der Waals surface area contributed by atoms with Crippen LogP contribution in [0.3, 0.4) is 0 Å². The molecule has 2 heterocycles. The predicted molar refractivity (Wildman–Crippen MR) is 110 cm³/mol. The van der Waals surface area contributed by atoms with E-state index in [2.05, 4.69) is 11.9 Å². The van der Waals surface area contributed by atoms with E-state index in [4.69, 9.17) is 5.73 Å². The first-order valence-electron chi connectivity index (χ1n) is 9.74. The van der Waals surface area contributed by atoms with Gasteiger partial charge in [0.15, 0.2) is 5.16 Å². The molecule has 2 N–H and O–H groups in total. The lowest BCUT2D eigenvalue weighted by atomic mass is 10.0. The number of rotatable bonds is 7. The fourth-order valence-corrected chi connectivity index (χ4v) is 4.42. The van der Waals surface area contributed by atoms with Crippen LogP contribution in [0.5, 0.6) is 0 Å². The first kappa shape index (κ1) is 20.4. The minimum absolute atomic E-state index is 0.0815. The molecule has 0 aliphatic carbocycles. The van der Waals surface area contributed by atoms with Crippen molar-refractivity contribution in [1.29, 1.82) is 0 Å². The highest BCUT2D eigenvalue weighted by atomic mass is 32.2. The summed E-state index contributed by atoms with van der Waals surface area (Å²) in [4.78, 5) is 43.5. The molecule has 0 unspecified atom stereocenters. The van der Waals surface area contributed by atoms with Gasteiger partial charge in [0.25, 0.3) is 5.56 Å². The smallest absolute Gasteiger partial charge is 0.262 e. The van der Waals surface area contributed by atoms with Crippen LogP contribution in [0.4, 0.5) is 0 Å². The summed E-state index contributed by atoms with van der Waals surface area (Å²) in [5.74, 6) is -0.472. The molecular formula is C20H26N4O3S. The molecule has 1 aromatic heterocycles. The van der Waals surface area contributed by atoms with Gasteiger partial charge in [-0.15, -0.1) is 0 Å². The molecule has 1 saturated heterocycles. The summed E-state index contributed by atoms with van der Waals surface area (Å²) in [7, 11) is 0. The number of aromatic nitrogens is 2. The molecule has 1 atom stereocenters. The van der Waals surface area contributed by atoms with Gasteiger partial charge in [-0.2, -0.15) is 0 Å². The van der Waals surface area contributed by atoms with Gasteiger partial charge < -0.3 is 10.6 Å².